The number of ether oxygens (including phenoxy) is 2. The Morgan fingerprint density at radius 3 is 2.52 bits per heavy atom. The molecule has 0 spiro atoms. The SMILES string of the molecule is COC(=O)[C@H](Cc1ccc(OC)nc1)NC(=O)c1ccc(F)cc1F. The second-order valence-corrected chi connectivity index (χ2v) is 5.09. The lowest BCUT2D eigenvalue weighted by atomic mass is 10.1. The van der Waals surface area contributed by atoms with Crippen molar-refractivity contribution >= 4 is 11.9 Å². The number of rotatable bonds is 6. The molecule has 0 unspecified atom stereocenters. The molecule has 1 amide bonds. The van der Waals surface area contributed by atoms with Crippen LogP contribution >= 0.6 is 0 Å². The topological polar surface area (TPSA) is 77.5 Å². The number of amides is 1. The summed E-state index contributed by atoms with van der Waals surface area (Å²) in [6, 6.07) is 4.77. The normalized spacial score (nSPS) is 11.5. The highest BCUT2D eigenvalue weighted by Gasteiger charge is 2.24. The first kappa shape index (κ1) is 18.3. The highest BCUT2D eigenvalue weighted by molar-refractivity contribution is 5.97. The van der Waals surface area contributed by atoms with Crippen LogP contribution in [0.5, 0.6) is 5.88 Å². The summed E-state index contributed by atoms with van der Waals surface area (Å²) >= 11 is 0. The van der Waals surface area contributed by atoms with Crippen molar-refractivity contribution in [2.24, 2.45) is 0 Å². The number of hydrogen-bond donors (Lipinski definition) is 1. The van der Waals surface area contributed by atoms with Crippen molar-refractivity contribution in [2.45, 2.75) is 12.5 Å². The number of aromatic nitrogens is 1. The van der Waals surface area contributed by atoms with Crippen LogP contribution in [0.3, 0.4) is 0 Å². The average Bonchev–Trinajstić information content (AvgIpc) is 2.60. The van der Waals surface area contributed by atoms with E-state index in [1.807, 2.05) is 0 Å². The van der Waals surface area contributed by atoms with Gasteiger partial charge in [-0.15, -0.1) is 0 Å². The van der Waals surface area contributed by atoms with Gasteiger partial charge in [-0.05, 0) is 17.7 Å². The number of nitrogens with one attached hydrogen (secondary N) is 1. The first-order valence-corrected chi connectivity index (χ1v) is 7.27. The van der Waals surface area contributed by atoms with Gasteiger partial charge < -0.3 is 14.8 Å². The molecule has 0 bridgehead atoms. The summed E-state index contributed by atoms with van der Waals surface area (Å²) < 4.78 is 36.3. The standard InChI is InChI=1S/C17H16F2N2O4/c1-24-15-6-3-10(9-20-15)7-14(17(23)25-2)21-16(22)12-5-4-11(18)8-13(12)19/h3-6,8-9,14H,7H2,1-2H3,(H,21,22)/t14-/m0/s1. The Balaban J connectivity index is 2.16. The molecule has 1 aromatic carbocycles. The van der Waals surface area contributed by atoms with Crippen LogP contribution in [0.1, 0.15) is 15.9 Å². The van der Waals surface area contributed by atoms with Crippen LogP contribution < -0.4 is 10.1 Å². The minimum atomic E-state index is -1.06. The lowest BCUT2D eigenvalue weighted by Gasteiger charge is -2.17. The van der Waals surface area contributed by atoms with E-state index in [1.165, 1.54) is 20.4 Å². The number of esters is 1. The third kappa shape index (κ3) is 4.72. The molecule has 0 aliphatic heterocycles. The van der Waals surface area contributed by atoms with Crippen LogP contribution in [-0.2, 0) is 16.0 Å². The summed E-state index contributed by atoms with van der Waals surface area (Å²) in [5.41, 5.74) is 0.263. The second-order valence-electron chi connectivity index (χ2n) is 5.09. The Bertz CT molecular complexity index is 766. The van der Waals surface area contributed by atoms with Gasteiger partial charge in [-0.2, -0.15) is 0 Å². The van der Waals surface area contributed by atoms with Crippen molar-refractivity contribution in [3.05, 3.63) is 59.3 Å². The predicted octanol–water partition coefficient (Wildman–Crippen LogP) is 1.88. The van der Waals surface area contributed by atoms with Gasteiger partial charge in [0.15, 0.2) is 0 Å². The molecule has 6 nitrogen and oxygen atoms in total. The zero-order valence-corrected chi connectivity index (χ0v) is 13.6. The molecule has 0 fully saturated rings. The van der Waals surface area contributed by atoms with Crippen LogP contribution in [0.25, 0.3) is 0 Å². The van der Waals surface area contributed by atoms with Gasteiger partial charge in [0.1, 0.15) is 17.7 Å². The third-order valence-corrected chi connectivity index (χ3v) is 3.41. The van der Waals surface area contributed by atoms with Gasteiger partial charge in [0.25, 0.3) is 5.91 Å². The number of benzene rings is 1. The van der Waals surface area contributed by atoms with Gasteiger partial charge in [-0.25, -0.2) is 18.6 Å². The number of nitrogens with zero attached hydrogens (tertiary/aromatic N) is 1. The Labute approximate surface area is 142 Å². The predicted molar refractivity (Wildman–Crippen MR) is 84.1 cm³/mol. The lowest BCUT2D eigenvalue weighted by Crippen LogP contribution is -2.43. The molecule has 1 heterocycles. The Hall–Kier alpha value is -3.03. The third-order valence-electron chi connectivity index (χ3n) is 3.41. The number of halogens is 2. The fraction of sp³-hybridized carbons (Fsp3) is 0.235. The van der Waals surface area contributed by atoms with Crippen molar-refractivity contribution in [1.29, 1.82) is 0 Å². The van der Waals surface area contributed by atoms with Crippen LogP contribution in [0.15, 0.2) is 36.5 Å². The van der Waals surface area contributed by atoms with E-state index in [1.54, 1.807) is 12.1 Å². The smallest absolute Gasteiger partial charge is 0.328 e. The number of carbonyl (C=O) groups is 2. The van der Waals surface area contributed by atoms with Crippen molar-refractivity contribution in [3.8, 4) is 5.88 Å². The Morgan fingerprint density at radius 1 is 1.20 bits per heavy atom. The summed E-state index contributed by atoms with van der Waals surface area (Å²) in [6.45, 7) is 0. The van der Waals surface area contributed by atoms with Gasteiger partial charge in [0.05, 0.1) is 19.8 Å². The maximum absolute atomic E-state index is 13.7. The minimum Gasteiger partial charge on any atom is -0.481 e. The van der Waals surface area contributed by atoms with Gasteiger partial charge in [-0.1, -0.05) is 6.07 Å². The minimum absolute atomic E-state index is 0.0816. The van der Waals surface area contributed by atoms with Crippen molar-refractivity contribution in [3.63, 3.8) is 0 Å². The molecule has 0 saturated carbocycles. The molecule has 1 aromatic heterocycles. The fourth-order valence-electron chi connectivity index (χ4n) is 2.13. The molecular formula is C17H16F2N2O4. The fourth-order valence-corrected chi connectivity index (χ4v) is 2.13. The van der Waals surface area contributed by atoms with Gasteiger partial charge >= 0.3 is 5.97 Å². The van der Waals surface area contributed by atoms with Gasteiger partial charge in [-0.3, -0.25) is 4.79 Å². The highest BCUT2D eigenvalue weighted by atomic mass is 19.1. The first-order chi connectivity index (χ1) is 11.9. The Morgan fingerprint density at radius 2 is 1.96 bits per heavy atom. The van der Waals surface area contributed by atoms with Crippen LogP contribution in [0.4, 0.5) is 8.78 Å². The Kier molecular flexibility index (Phi) is 5.99. The number of pyridine rings is 1. The van der Waals surface area contributed by atoms with Crippen LogP contribution in [0.2, 0.25) is 0 Å². The van der Waals surface area contributed by atoms with E-state index in [2.05, 4.69) is 15.0 Å². The van der Waals surface area contributed by atoms with E-state index in [0.29, 0.717) is 17.5 Å². The van der Waals surface area contributed by atoms with E-state index in [0.717, 1.165) is 12.1 Å². The molecule has 1 N–H and O–H groups in total. The molecule has 8 heteroatoms. The number of hydrogen-bond acceptors (Lipinski definition) is 5. The average molecular weight is 350 g/mol. The molecule has 0 aliphatic carbocycles. The van der Waals surface area contributed by atoms with E-state index < -0.39 is 29.6 Å². The van der Waals surface area contributed by atoms with Gasteiger partial charge in [0.2, 0.25) is 5.88 Å². The molecule has 1 atom stereocenters. The van der Waals surface area contributed by atoms with Crippen LogP contribution in [-0.4, -0.2) is 37.1 Å². The molecule has 2 rings (SSSR count). The van der Waals surface area contributed by atoms with E-state index >= 15 is 0 Å². The highest BCUT2D eigenvalue weighted by Crippen LogP contribution is 2.12. The molecule has 0 saturated heterocycles. The van der Waals surface area contributed by atoms with Crippen molar-refractivity contribution in [1.82, 2.24) is 10.3 Å². The summed E-state index contributed by atoms with van der Waals surface area (Å²) in [6.07, 6.45) is 1.57. The van der Waals surface area contributed by atoms with E-state index in [9.17, 15) is 18.4 Å². The zero-order chi connectivity index (χ0) is 18.4. The molecule has 132 valence electrons. The summed E-state index contributed by atoms with van der Waals surface area (Å²) in [5, 5.41) is 2.39. The first-order valence-electron chi connectivity index (χ1n) is 7.27. The molecule has 0 radical (unpaired) electrons. The van der Waals surface area contributed by atoms with Crippen molar-refractivity contribution in [2.75, 3.05) is 14.2 Å². The van der Waals surface area contributed by atoms with E-state index in [4.69, 9.17) is 4.74 Å². The second kappa shape index (κ2) is 8.18. The molecule has 25 heavy (non-hydrogen) atoms. The maximum Gasteiger partial charge on any atom is 0.328 e. The monoisotopic (exact) mass is 350 g/mol. The van der Waals surface area contributed by atoms with Gasteiger partial charge in [0, 0.05) is 24.8 Å². The quantitative estimate of drug-likeness (QED) is 0.805. The lowest BCUT2D eigenvalue weighted by molar-refractivity contribution is -0.142. The maximum atomic E-state index is 13.7. The summed E-state index contributed by atoms with van der Waals surface area (Å²) in [7, 11) is 2.64. The molecule has 0 aliphatic rings. The summed E-state index contributed by atoms with van der Waals surface area (Å²) in [5.74, 6) is -2.98. The molecular weight excluding hydrogens is 334 g/mol. The number of methoxy groups -OCH3 is 2. The zero-order valence-electron chi connectivity index (χ0n) is 13.6. The largest absolute Gasteiger partial charge is 0.481 e. The van der Waals surface area contributed by atoms with Crippen molar-refractivity contribution < 1.29 is 27.8 Å². The van der Waals surface area contributed by atoms with E-state index in [-0.39, 0.29) is 12.0 Å². The summed E-state index contributed by atoms with van der Waals surface area (Å²) in [4.78, 5) is 28.1. The van der Waals surface area contributed by atoms with Crippen LogP contribution in [0, 0.1) is 11.6 Å². The molecule has 2 aromatic rings. The number of carbonyl (C=O) groups excluding carboxylic acids is 2.